The predicted molar refractivity (Wildman–Crippen MR) is 87.6 cm³/mol. The lowest BCUT2D eigenvalue weighted by molar-refractivity contribution is 0.735. The predicted octanol–water partition coefficient (Wildman–Crippen LogP) is 3.63. The zero-order valence-electron chi connectivity index (χ0n) is 12.0. The van der Waals surface area contributed by atoms with Crippen LogP contribution in [0.3, 0.4) is 0 Å². The van der Waals surface area contributed by atoms with Crippen molar-refractivity contribution in [3.63, 3.8) is 0 Å². The number of para-hydroxylation sites is 1. The van der Waals surface area contributed by atoms with Gasteiger partial charge in [-0.05, 0) is 36.6 Å². The molecule has 2 aromatic heterocycles. The number of rotatable bonds is 4. The number of benzene rings is 1. The van der Waals surface area contributed by atoms with Gasteiger partial charge in [-0.3, -0.25) is 4.98 Å². The molecule has 3 aromatic rings. The van der Waals surface area contributed by atoms with Crippen molar-refractivity contribution in [3.05, 3.63) is 65.1 Å². The topological polar surface area (TPSA) is 43.8 Å². The maximum atomic E-state index is 6.22. The second-order valence-corrected chi connectivity index (χ2v) is 5.86. The van der Waals surface area contributed by atoms with E-state index < -0.39 is 0 Å². The van der Waals surface area contributed by atoms with Crippen molar-refractivity contribution in [2.75, 3.05) is 0 Å². The van der Waals surface area contributed by atoms with Crippen molar-refractivity contribution in [2.24, 2.45) is 5.73 Å². The Labute approximate surface area is 129 Å². The fraction of sp³-hybridized carbons (Fsp3) is 0.235. The number of nitrogens with two attached hydrogens (primary N) is 1. The number of aromatic nitrogens is 2. The molecule has 0 fully saturated rings. The molecule has 21 heavy (non-hydrogen) atoms. The van der Waals surface area contributed by atoms with E-state index in [9.17, 15) is 0 Å². The summed E-state index contributed by atoms with van der Waals surface area (Å²) in [5.41, 5.74) is 9.52. The van der Waals surface area contributed by atoms with Gasteiger partial charge in [0, 0.05) is 42.1 Å². The van der Waals surface area contributed by atoms with E-state index >= 15 is 0 Å². The maximum absolute atomic E-state index is 6.22. The van der Waals surface area contributed by atoms with Crippen LogP contribution < -0.4 is 5.73 Å². The van der Waals surface area contributed by atoms with Crippen LogP contribution in [0.5, 0.6) is 0 Å². The molecule has 108 valence electrons. The summed E-state index contributed by atoms with van der Waals surface area (Å²) in [4.78, 5) is 4.04. The van der Waals surface area contributed by atoms with Crippen LogP contribution in [0.15, 0.2) is 48.9 Å². The molecular weight excluding hydrogens is 282 g/mol. The molecule has 0 amide bonds. The quantitative estimate of drug-likeness (QED) is 0.799. The van der Waals surface area contributed by atoms with E-state index in [1.165, 1.54) is 16.5 Å². The van der Waals surface area contributed by atoms with Crippen molar-refractivity contribution in [3.8, 4) is 0 Å². The van der Waals surface area contributed by atoms with E-state index in [0.29, 0.717) is 5.02 Å². The molecule has 2 N–H and O–H groups in total. The first-order chi connectivity index (χ1) is 10.1. The van der Waals surface area contributed by atoms with Gasteiger partial charge in [0.25, 0.3) is 0 Å². The van der Waals surface area contributed by atoms with E-state index in [0.717, 1.165) is 18.5 Å². The fourth-order valence-corrected chi connectivity index (χ4v) is 2.86. The van der Waals surface area contributed by atoms with Gasteiger partial charge >= 0.3 is 0 Å². The van der Waals surface area contributed by atoms with Crippen LogP contribution in [0.1, 0.15) is 18.1 Å². The summed E-state index contributed by atoms with van der Waals surface area (Å²) in [5, 5.41) is 1.96. The normalized spacial score (nSPS) is 12.7. The van der Waals surface area contributed by atoms with Gasteiger partial charge in [0.2, 0.25) is 0 Å². The number of nitrogens with zero attached hydrogens (tertiary/aromatic N) is 2. The lowest BCUT2D eigenvalue weighted by Crippen LogP contribution is -2.17. The molecule has 0 saturated carbocycles. The second kappa shape index (κ2) is 5.88. The van der Waals surface area contributed by atoms with Gasteiger partial charge in [-0.2, -0.15) is 0 Å². The highest BCUT2D eigenvalue weighted by molar-refractivity contribution is 6.31. The Morgan fingerprint density at radius 3 is 2.81 bits per heavy atom. The van der Waals surface area contributed by atoms with Crippen LogP contribution in [-0.2, 0) is 13.0 Å². The molecule has 0 bridgehead atoms. The Bertz CT molecular complexity index is 762. The number of halogens is 1. The van der Waals surface area contributed by atoms with Gasteiger partial charge in [0.15, 0.2) is 0 Å². The van der Waals surface area contributed by atoms with Crippen molar-refractivity contribution >= 4 is 22.5 Å². The summed E-state index contributed by atoms with van der Waals surface area (Å²) in [7, 11) is 0. The first kappa shape index (κ1) is 14.1. The number of fused-ring (bicyclic) bond motifs is 1. The molecule has 1 aromatic carbocycles. The summed E-state index contributed by atoms with van der Waals surface area (Å²) in [6.07, 6.45) is 6.52. The van der Waals surface area contributed by atoms with Crippen LogP contribution in [0, 0.1) is 0 Å². The highest BCUT2D eigenvalue weighted by Gasteiger charge is 2.10. The van der Waals surface area contributed by atoms with Crippen LogP contribution in [-0.4, -0.2) is 15.6 Å². The Kier molecular flexibility index (Phi) is 3.95. The Hall–Kier alpha value is -1.84. The standard InChI is InChI=1S/C17H18ClN3/c1-12(19)8-14-11-21(17-5-3-2-4-15(14)17)10-13-6-7-20-9-16(13)18/h2-7,9,11-12H,8,10,19H2,1H3. The molecule has 1 unspecified atom stereocenters. The molecule has 3 rings (SSSR count). The van der Waals surface area contributed by atoms with Gasteiger partial charge in [0.1, 0.15) is 0 Å². The number of pyridine rings is 1. The van der Waals surface area contributed by atoms with Crippen molar-refractivity contribution in [1.82, 2.24) is 9.55 Å². The second-order valence-electron chi connectivity index (χ2n) is 5.45. The summed E-state index contributed by atoms with van der Waals surface area (Å²) in [5.74, 6) is 0. The highest BCUT2D eigenvalue weighted by Crippen LogP contribution is 2.24. The van der Waals surface area contributed by atoms with Gasteiger partial charge < -0.3 is 10.3 Å². The molecule has 4 heteroatoms. The SMILES string of the molecule is CC(N)Cc1cn(Cc2ccncc2Cl)c2ccccc12. The highest BCUT2D eigenvalue weighted by atomic mass is 35.5. The molecular formula is C17H18ClN3. The largest absolute Gasteiger partial charge is 0.343 e. The molecule has 1 atom stereocenters. The van der Waals surface area contributed by atoms with Crippen LogP contribution >= 0.6 is 11.6 Å². The van der Waals surface area contributed by atoms with Gasteiger partial charge in [-0.1, -0.05) is 29.8 Å². The Morgan fingerprint density at radius 1 is 1.24 bits per heavy atom. The van der Waals surface area contributed by atoms with Gasteiger partial charge in [0.05, 0.1) is 5.02 Å². The summed E-state index contributed by atoms with van der Waals surface area (Å²) in [6, 6.07) is 10.5. The lowest BCUT2D eigenvalue weighted by Gasteiger charge is -2.07. The molecule has 0 spiro atoms. The molecule has 0 radical (unpaired) electrons. The minimum Gasteiger partial charge on any atom is -0.343 e. The van der Waals surface area contributed by atoms with Crippen LogP contribution in [0.2, 0.25) is 5.02 Å². The third-order valence-electron chi connectivity index (χ3n) is 3.61. The van der Waals surface area contributed by atoms with Crippen molar-refractivity contribution in [2.45, 2.75) is 25.9 Å². The third kappa shape index (κ3) is 2.94. The van der Waals surface area contributed by atoms with E-state index in [4.69, 9.17) is 17.3 Å². The summed E-state index contributed by atoms with van der Waals surface area (Å²) in [6.45, 7) is 2.77. The van der Waals surface area contributed by atoms with E-state index in [1.54, 1.807) is 12.4 Å². The zero-order valence-corrected chi connectivity index (χ0v) is 12.7. The zero-order chi connectivity index (χ0) is 14.8. The average molecular weight is 300 g/mol. The van der Waals surface area contributed by atoms with E-state index in [-0.39, 0.29) is 6.04 Å². The average Bonchev–Trinajstić information content (AvgIpc) is 2.79. The van der Waals surface area contributed by atoms with Crippen LogP contribution in [0.25, 0.3) is 10.9 Å². The molecule has 3 nitrogen and oxygen atoms in total. The third-order valence-corrected chi connectivity index (χ3v) is 3.95. The van der Waals surface area contributed by atoms with Gasteiger partial charge in [-0.15, -0.1) is 0 Å². The molecule has 0 aliphatic heterocycles. The smallest absolute Gasteiger partial charge is 0.0639 e. The van der Waals surface area contributed by atoms with Crippen LogP contribution in [0.4, 0.5) is 0 Å². The molecule has 0 aliphatic carbocycles. The fourth-order valence-electron chi connectivity index (χ4n) is 2.68. The molecule has 0 saturated heterocycles. The Balaban J connectivity index is 2.04. The lowest BCUT2D eigenvalue weighted by atomic mass is 10.1. The number of hydrogen-bond donors (Lipinski definition) is 1. The minimum absolute atomic E-state index is 0.147. The first-order valence-electron chi connectivity index (χ1n) is 7.06. The van der Waals surface area contributed by atoms with Gasteiger partial charge in [-0.25, -0.2) is 0 Å². The maximum Gasteiger partial charge on any atom is 0.0639 e. The van der Waals surface area contributed by atoms with Crippen molar-refractivity contribution in [1.29, 1.82) is 0 Å². The minimum atomic E-state index is 0.147. The first-order valence-corrected chi connectivity index (χ1v) is 7.43. The van der Waals surface area contributed by atoms with E-state index in [2.05, 4.69) is 40.0 Å². The monoisotopic (exact) mass is 299 g/mol. The Morgan fingerprint density at radius 2 is 2.05 bits per heavy atom. The summed E-state index contributed by atoms with van der Waals surface area (Å²) >= 11 is 6.22. The number of hydrogen-bond acceptors (Lipinski definition) is 2. The van der Waals surface area contributed by atoms with Crippen molar-refractivity contribution < 1.29 is 0 Å². The molecule has 0 aliphatic rings. The van der Waals surface area contributed by atoms with E-state index in [1.807, 2.05) is 13.0 Å². The summed E-state index contributed by atoms with van der Waals surface area (Å²) < 4.78 is 2.23. The molecule has 2 heterocycles.